The fraction of sp³-hybridized carbons (Fsp3) is 0.200. The summed E-state index contributed by atoms with van der Waals surface area (Å²) in [5.74, 6) is -1.19. The zero-order chi connectivity index (χ0) is 14.7. The normalized spacial score (nSPS) is 12.2. The van der Waals surface area contributed by atoms with E-state index >= 15 is 0 Å². The molecular formula is C15H14ClF2NO. The van der Waals surface area contributed by atoms with Gasteiger partial charge in [-0.2, -0.15) is 0 Å². The minimum atomic E-state index is -0.894. The Balaban J connectivity index is 2.16. The molecule has 0 fully saturated rings. The number of rotatable bonds is 4. The van der Waals surface area contributed by atoms with Gasteiger partial charge in [0.05, 0.1) is 0 Å². The summed E-state index contributed by atoms with van der Waals surface area (Å²) in [6.45, 7) is 1.94. The molecule has 0 amide bonds. The summed E-state index contributed by atoms with van der Waals surface area (Å²) in [4.78, 5) is 0. The Morgan fingerprint density at radius 1 is 1.15 bits per heavy atom. The molecule has 0 aliphatic heterocycles. The molecule has 2 N–H and O–H groups in total. The van der Waals surface area contributed by atoms with Crippen LogP contribution in [0.5, 0.6) is 5.75 Å². The van der Waals surface area contributed by atoms with E-state index in [-0.39, 0.29) is 12.6 Å². The number of hydrogen-bond donors (Lipinski definition) is 1. The zero-order valence-electron chi connectivity index (χ0n) is 10.9. The summed E-state index contributed by atoms with van der Waals surface area (Å²) in [7, 11) is 0. The van der Waals surface area contributed by atoms with Crippen LogP contribution in [0, 0.1) is 11.6 Å². The van der Waals surface area contributed by atoms with Crippen molar-refractivity contribution in [2.75, 3.05) is 0 Å². The molecule has 0 aliphatic rings. The van der Waals surface area contributed by atoms with E-state index in [9.17, 15) is 8.78 Å². The van der Waals surface area contributed by atoms with Gasteiger partial charge in [-0.15, -0.1) is 0 Å². The largest absolute Gasteiger partial charge is 0.489 e. The minimum Gasteiger partial charge on any atom is -0.489 e. The van der Waals surface area contributed by atoms with Crippen LogP contribution in [0.25, 0.3) is 0 Å². The smallest absolute Gasteiger partial charge is 0.159 e. The van der Waals surface area contributed by atoms with Crippen LogP contribution >= 0.6 is 11.6 Å². The van der Waals surface area contributed by atoms with Gasteiger partial charge in [-0.05, 0) is 42.8 Å². The predicted molar refractivity (Wildman–Crippen MR) is 74.7 cm³/mol. The molecule has 5 heteroatoms. The summed E-state index contributed by atoms with van der Waals surface area (Å²) in [5.41, 5.74) is 7.15. The van der Waals surface area contributed by atoms with Crippen LogP contribution in [0.2, 0.25) is 5.02 Å². The lowest BCUT2D eigenvalue weighted by Crippen LogP contribution is -2.08. The maximum atomic E-state index is 13.1. The van der Waals surface area contributed by atoms with E-state index in [2.05, 4.69) is 0 Å². The van der Waals surface area contributed by atoms with Gasteiger partial charge in [-0.1, -0.05) is 17.7 Å². The highest BCUT2D eigenvalue weighted by Gasteiger charge is 2.10. The van der Waals surface area contributed by atoms with Crippen molar-refractivity contribution in [1.82, 2.24) is 0 Å². The van der Waals surface area contributed by atoms with Gasteiger partial charge in [-0.25, -0.2) is 8.78 Å². The van der Waals surface area contributed by atoms with Crippen LogP contribution in [0.3, 0.4) is 0 Å². The second-order valence-corrected chi connectivity index (χ2v) is 4.94. The molecule has 106 valence electrons. The van der Waals surface area contributed by atoms with Gasteiger partial charge in [-0.3, -0.25) is 0 Å². The third-order valence-corrected chi connectivity index (χ3v) is 3.08. The van der Waals surface area contributed by atoms with Crippen LogP contribution in [0.15, 0.2) is 36.4 Å². The van der Waals surface area contributed by atoms with Crippen molar-refractivity contribution < 1.29 is 13.5 Å². The first-order valence-electron chi connectivity index (χ1n) is 6.09. The highest BCUT2D eigenvalue weighted by molar-refractivity contribution is 6.30. The Morgan fingerprint density at radius 2 is 1.90 bits per heavy atom. The van der Waals surface area contributed by atoms with Gasteiger partial charge in [0.25, 0.3) is 0 Å². The maximum Gasteiger partial charge on any atom is 0.159 e. The third kappa shape index (κ3) is 3.46. The molecule has 2 nitrogen and oxygen atoms in total. The molecule has 0 saturated carbocycles. The molecule has 2 rings (SSSR count). The average molecular weight is 298 g/mol. The number of ether oxygens (including phenoxy) is 1. The highest BCUT2D eigenvalue weighted by atomic mass is 35.5. The molecule has 0 saturated heterocycles. The number of halogens is 3. The fourth-order valence-electron chi connectivity index (χ4n) is 1.80. The van der Waals surface area contributed by atoms with Gasteiger partial charge in [0.15, 0.2) is 11.6 Å². The SMILES string of the molecule is C[C@@H](N)c1cc(Cl)ccc1OCc1ccc(F)c(F)c1. The molecule has 0 aliphatic carbocycles. The topological polar surface area (TPSA) is 35.2 Å². The molecule has 1 atom stereocenters. The summed E-state index contributed by atoms with van der Waals surface area (Å²) in [6.07, 6.45) is 0. The lowest BCUT2D eigenvalue weighted by atomic mass is 10.1. The summed E-state index contributed by atoms with van der Waals surface area (Å²) in [6, 6.07) is 8.54. The van der Waals surface area contributed by atoms with E-state index in [1.54, 1.807) is 18.2 Å². The maximum absolute atomic E-state index is 13.1. The lowest BCUT2D eigenvalue weighted by Gasteiger charge is -2.14. The molecule has 0 heterocycles. The van der Waals surface area contributed by atoms with Crippen molar-refractivity contribution in [1.29, 1.82) is 0 Å². The second kappa shape index (κ2) is 6.20. The molecule has 0 unspecified atom stereocenters. The first-order chi connectivity index (χ1) is 9.47. The van der Waals surface area contributed by atoms with Crippen LogP contribution in [-0.4, -0.2) is 0 Å². The van der Waals surface area contributed by atoms with E-state index in [1.807, 2.05) is 6.92 Å². The van der Waals surface area contributed by atoms with E-state index in [0.717, 1.165) is 17.7 Å². The molecular weight excluding hydrogens is 284 g/mol. The van der Waals surface area contributed by atoms with E-state index < -0.39 is 11.6 Å². The van der Waals surface area contributed by atoms with Crippen molar-refractivity contribution in [2.24, 2.45) is 5.73 Å². The van der Waals surface area contributed by atoms with Gasteiger partial charge in [0.1, 0.15) is 12.4 Å². The van der Waals surface area contributed by atoms with Gasteiger partial charge in [0.2, 0.25) is 0 Å². The number of benzene rings is 2. The Morgan fingerprint density at radius 3 is 2.55 bits per heavy atom. The monoisotopic (exact) mass is 297 g/mol. The Hall–Kier alpha value is -1.65. The lowest BCUT2D eigenvalue weighted by molar-refractivity contribution is 0.300. The van der Waals surface area contributed by atoms with Crippen LogP contribution in [-0.2, 0) is 6.61 Å². The van der Waals surface area contributed by atoms with Crippen molar-refractivity contribution in [3.8, 4) is 5.75 Å². The Bertz CT molecular complexity index is 617. The fourth-order valence-corrected chi connectivity index (χ4v) is 1.98. The van der Waals surface area contributed by atoms with Gasteiger partial charge in [0, 0.05) is 16.6 Å². The number of nitrogens with two attached hydrogens (primary N) is 1. The predicted octanol–water partition coefficient (Wildman–Crippen LogP) is 4.22. The molecule has 0 bridgehead atoms. The molecule has 2 aromatic rings. The van der Waals surface area contributed by atoms with Gasteiger partial charge < -0.3 is 10.5 Å². The van der Waals surface area contributed by atoms with Crippen molar-refractivity contribution >= 4 is 11.6 Å². The van der Waals surface area contributed by atoms with Crippen LogP contribution in [0.4, 0.5) is 8.78 Å². The van der Waals surface area contributed by atoms with E-state index in [4.69, 9.17) is 22.1 Å². The summed E-state index contributed by atoms with van der Waals surface area (Å²) >= 11 is 5.91. The first kappa shape index (κ1) is 14.8. The van der Waals surface area contributed by atoms with Crippen molar-refractivity contribution in [3.63, 3.8) is 0 Å². The highest BCUT2D eigenvalue weighted by Crippen LogP contribution is 2.28. The molecule has 0 radical (unpaired) electrons. The first-order valence-corrected chi connectivity index (χ1v) is 6.47. The van der Waals surface area contributed by atoms with Crippen LogP contribution < -0.4 is 10.5 Å². The van der Waals surface area contributed by atoms with Crippen LogP contribution in [0.1, 0.15) is 24.1 Å². The second-order valence-electron chi connectivity index (χ2n) is 4.51. The van der Waals surface area contributed by atoms with Gasteiger partial charge >= 0.3 is 0 Å². The molecule has 0 spiro atoms. The van der Waals surface area contributed by atoms with E-state index in [0.29, 0.717) is 16.3 Å². The van der Waals surface area contributed by atoms with Crippen molar-refractivity contribution in [3.05, 3.63) is 64.2 Å². The Labute approximate surface area is 121 Å². The quantitative estimate of drug-likeness (QED) is 0.917. The summed E-state index contributed by atoms with van der Waals surface area (Å²) in [5, 5.41) is 0.567. The number of hydrogen-bond acceptors (Lipinski definition) is 2. The molecule has 0 aromatic heterocycles. The third-order valence-electron chi connectivity index (χ3n) is 2.84. The Kier molecular flexibility index (Phi) is 4.57. The summed E-state index contributed by atoms with van der Waals surface area (Å²) < 4.78 is 31.5. The zero-order valence-corrected chi connectivity index (χ0v) is 11.6. The standard InChI is InChI=1S/C15H14ClF2NO/c1-9(19)12-7-11(16)3-5-15(12)20-8-10-2-4-13(17)14(18)6-10/h2-7,9H,8,19H2,1H3/t9-/m1/s1. The van der Waals surface area contributed by atoms with Crippen molar-refractivity contribution in [2.45, 2.75) is 19.6 Å². The van der Waals surface area contributed by atoms with E-state index in [1.165, 1.54) is 6.07 Å². The molecule has 2 aromatic carbocycles. The minimum absolute atomic E-state index is 0.124. The molecule has 20 heavy (non-hydrogen) atoms. The average Bonchev–Trinajstić information content (AvgIpc) is 2.41.